The second-order valence-electron chi connectivity index (χ2n) is 7.74. The largest absolute Gasteiger partial charge is 0.395 e. The Morgan fingerprint density at radius 2 is 2.08 bits per heavy atom. The molecule has 3 heterocycles. The Kier molecular flexibility index (Phi) is 5.00. The maximum absolute atomic E-state index is 13.2. The summed E-state index contributed by atoms with van der Waals surface area (Å²) in [7, 11) is 1.55. The van der Waals surface area contributed by atoms with Gasteiger partial charge in [-0.1, -0.05) is 13.3 Å². The number of amides is 3. The van der Waals surface area contributed by atoms with E-state index in [2.05, 4.69) is 10.6 Å². The Morgan fingerprint density at radius 1 is 1.35 bits per heavy atom. The normalized spacial score (nSPS) is 37.8. The van der Waals surface area contributed by atoms with Crippen LogP contribution in [0, 0.1) is 11.8 Å². The molecule has 3 rings (SSSR count). The van der Waals surface area contributed by atoms with Crippen LogP contribution in [0.4, 0.5) is 0 Å². The van der Waals surface area contributed by atoms with Crippen molar-refractivity contribution in [2.24, 2.45) is 11.8 Å². The molecule has 3 aliphatic rings. The van der Waals surface area contributed by atoms with Gasteiger partial charge in [0.1, 0.15) is 11.6 Å². The molecule has 2 unspecified atom stereocenters. The van der Waals surface area contributed by atoms with Crippen molar-refractivity contribution in [3.05, 3.63) is 0 Å². The van der Waals surface area contributed by atoms with Crippen LogP contribution in [0.5, 0.6) is 0 Å². The van der Waals surface area contributed by atoms with Crippen LogP contribution >= 0.6 is 0 Å². The van der Waals surface area contributed by atoms with Crippen molar-refractivity contribution in [1.29, 1.82) is 0 Å². The molecular weight excluding hydrogens is 338 g/mol. The van der Waals surface area contributed by atoms with E-state index in [4.69, 9.17) is 4.74 Å². The summed E-state index contributed by atoms with van der Waals surface area (Å²) in [5.74, 6) is -2.07. The number of nitrogens with zero attached hydrogens (tertiary/aromatic N) is 1. The van der Waals surface area contributed by atoms with Gasteiger partial charge in [-0.15, -0.1) is 0 Å². The van der Waals surface area contributed by atoms with E-state index in [1.54, 1.807) is 7.05 Å². The van der Waals surface area contributed by atoms with Crippen LogP contribution in [-0.2, 0) is 19.1 Å². The molecular formula is C18H29N3O5. The third-order valence-corrected chi connectivity index (χ3v) is 6.22. The van der Waals surface area contributed by atoms with Crippen molar-refractivity contribution >= 4 is 17.7 Å². The molecule has 2 bridgehead atoms. The number of carbonyl (C=O) groups is 3. The van der Waals surface area contributed by atoms with Crippen LogP contribution in [-0.4, -0.2) is 71.7 Å². The molecule has 26 heavy (non-hydrogen) atoms. The molecule has 0 saturated carbocycles. The molecule has 0 aliphatic carbocycles. The lowest BCUT2D eigenvalue weighted by molar-refractivity contribution is -0.146. The molecule has 0 aromatic heterocycles. The predicted octanol–water partition coefficient (Wildman–Crippen LogP) is -0.594. The first-order valence-corrected chi connectivity index (χ1v) is 9.47. The zero-order chi connectivity index (χ0) is 19.1. The van der Waals surface area contributed by atoms with E-state index >= 15 is 0 Å². The standard InChI is InChI=1S/C18H29N3O5/c1-4-5-8-20-15(24)13-18-7-6-17(2,26-18)11(14(23)19-3)12(18)16(25)21(13)9-10-22/h11-13,22H,4-10H2,1-3H3,(H,19,23)(H,20,24)/t11-,12-,13?,17+,18?/m0/s1. The van der Waals surface area contributed by atoms with Gasteiger partial charge in [0, 0.05) is 20.1 Å². The van der Waals surface area contributed by atoms with E-state index in [1.165, 1.54) is 4.90 Å². The van der Waals surface area contributed by atoms with E-state index in [1.807, 2.05) is 13.8 Å². The minimum absolute atomic E-state index is 0.0590. The van der Waals surface area contributed by atoms with Gasteiger partial charge < -0.3 is 25.4 Å². The summed E-state index contributed by atoms with van der Waals surface area (Å²) in [6.07, 6.45) is 2.98. The highest BCUT2D eigenvalue weighted by atomic mass is 16.5. The van der Waals surface area contributed by atoms with Crippen molar-refractivity contribution < 1.29 is 24.2 Å². The summed E-state index contributed by atoms with van der Waals surface area (Å²) in [4.78, 5) is 40.1. The van der Waals surface area contributed by atoms with Crippen molar-refractivity contribution in [3.8, 4) is 0 Å². The summed E-state index contributed by atoms with van der Waals surface area (Å²) in [5, 5.41) is 15.0. The number of carbonyl (C=O) groups excluding carboxylic acids is 3. The lowest BCUT2D eigenvalue weighted by Crippen LogP contribution is -2.55. The smallest absolute Gasteiger partial charge is 0.245 e. The molecule has 3 aliphatic heterocycles. The van der Waals surface area contributed by atoms with Crippen LogP contribution in [0.3, 0.4) is 0 Å². The summed E-state index contributed by atoms with van der Waals surface area (Å²) >= 11 is 0. The van der Waals surface area contributed by atoms with Crippen LogP contribution in [0.2, 0.25) is 0 Å². The van der Waals surface area contributed by atoms with Gasteiger partial charge in [0.05, 0.1) is 24.0 Å². The summed E-state index contributed by atoms with van der Waals surface area (Å²) < 4.78 is 6.33. The number of aliphatic hydroxyl groups is 1. The first-order valence-electron chi connectivity index (χ1n) is 9.47. The molecule has 0 radical (unpaired) electrons. The minimum atomic E-state index is -0.992. The molecule has 0 aromatic rings. The monoisotopic (exact) mass is 367 g/mol. The topological polar surface area (TPSA) is 108 Å². The first-order chi connectivity index (χ1) is 12.4. The summed E-state index contributed by atoms with van der Waals surface area (Å²) in [6.45, 7) is 4.24. The molecule has 1 spiro atoms. The highest BCUT2D eigenvalue weighted by molar-refractivity contribution is 5.99. The number of hydrogen-bond acceptors (Lipinski definition) is 5. The highest BCUT2D eigenvalue weighted by Gasteiger charge is 2.77. The van der Waals surface area contributed by atoms with E-state index < -0.39 is 29.1 Å². The molecule has 8 heteroatoms. The number of β-amino-alcohol motifs (C(OH)–C–C–N with tert-alkyl or cyclic N) is 1. The lowest BCUT2D eigenvalue weighted by atomic mass is 9.66. The molecule has 5 atom stereocenters. The van der Waals surface area contributed by atoms with Gasteiger partial charge in [-0.3, -0.25) is 14.4 Å². The highest BCUT2D eigenvalue weighted by Crippen LogP contribution is 2.62. The Balaban J connectivity index is 1.97. The van der Waals surface area contributed by atoms with Crippen LogP contribution in [0.25, 0.3) is 0 Å². The SMILES string of the molecule is CCCCNC(=O)C1N(CCO)C(=O)[C@@H]2[C@@H](C(=O)NC)[C@@]3(C)CCC12O3. The van der Waals surface area contributed by atoms with Crippen molar-refractivity contribution in [2.45, 2.75) is 56.8 Å². The second-order valence-corrected chi connectivity index (χ2v) is 7.74. The molecule has 3 N–H and O–H groups in total. The number of unbranched alkanes of at least 4 members (excludes halogenated alkanes) is 1. The van der Waals surface area contributed by atoms with E-state index in [0.717, 1.165) is 12.8 Å². The number of aliphatic hydroxyl groups excluding tert-OH is 1. The molecule has 3 fully saturated rings. The number of hydrogen-bond donors (Lipinski definition) is 3. The minimum Gasteiger partial charge on any atom is -0.395 e. The van der Waals surface area contributed by atoms with Crippen molar-refractivity contribution in [2.75, 3.05) is 26.7 Å². The van der Waals surface area contributed by atoms with Crippen molar-refractivity contribution in [1.82, 2.24) is 15.5 Å². The number of rotatable bonds is 7. The van der Waals surface area contributed by atoms with Crippen LogP contribution < -0.4 is 10.6 Å². The van der Waals surface area contributed by atoms with Crippen molar-refractivity contribution in [3.63, 3.8) is 0 Å². The lowest BCUT2D eigenvalue weighted by Gasteiger charge is -2.33. The Hall–Kier alpha value is -1.67. The maximum Gasteiger partial charge on any atom is 0.245 e. The van der Waals surface area contributed by atoms with E-state index in [-0.39, 0.29) is 30.9 Å². The fourth-order valence-electron chi connectivity index (χ4n) is 5.12. The zero-order valence-corrected chi connectivity index (χ0v) is 15.7. The maximum atomic E-state index is 13.2. The molecule has 0 aromatic carbocycles. The third kappa shape index (κ3) is 2.53. The average molecular weight is 367 g/mol. The van der Waals surface area contributed by atoms with Gasteiger partial charge in [0.15, 0.2) is 0 Å². The molecule has 3 saturated heterocycles. The summed E-state index contributed by atoms with van der Waals surface area (Å²) in [6, 6.07) is -0.805. The quantitative estimate of drug-likeness (QED) is 0.521. The summed E-state index contributed by atoms with van der Waals surface area (Å²) in [5.41, 5.74) is -1.73. The van der Waals surface area contributed by atoms with Crippen LogP contribution in [0.15, 0.2) is 0 Å². The van der Waals surface area contributed by atoms with Crippen LogP contribution in [0.1, 0.15) is 39.5 Å². The Morgan fingerprint density at radius 3 is 2.69 bits per heavy atom. The molecule has 3 amide bonds. The van der Waals surface area contributed by atoms with Gasteiger partial charge in [-0.25, -0.2) is 0 Å². The Labute approximate surface area is 153 Å². The zero-order valence-electron chi connectivity index (χ0n) is 15.7. The fraction of sp³-hybridized carbons (Fsp3) is 0.833. The number of likely N-dealkylation sites (tertiary alicyclic amines) is 1. The van der Waals surface area contributed by atoms with Gasteiger partial charge in [0.25, 0.3) is 0 Å². The fourth-order valence-corrected chi connectivity index (χ4v) is 5.12. The van der Waals surface area contributed by atoms with E-state index in [9.17, 15) is 19.5 Å². The van der Waals surface area contributed by atoms with Gasteiger partial charge in [-0.05, 0) is 26.2 Å². The number of ether oxygens (including phenoxy) is 1. The Bertz CT molecular complexity index is 612. The van der Waals surface area contributed by atoms with E-state index in [0.29, 0.717) is 19.4 Å². The third-order valence-electron chi connectivity index (χ3n) is 6.22. The second kappa shape index (κ2) is 6.81. The first kappa shape index (κ1) is 19.1. The van der Waals surface area contributed by atoms with Gasteiger partial charge in [-0.2, -0.15) is 0 Å². The molecule has 146 valence electrons. The number of fused-ring (bicyclic) bond motifs is 1. The number of nitrogens with one attached hydrogen (secondary N) is 2. The molecule has 8 nitrogen and oxygen atoms in total. The van der Waals surface area contributed by atoms with Gasteiger partial charge >= 0.3 is 0 Å². The predicted molar refractivity (Wildman–Crippen MR) is 93.0 cm³/mol. The average Bonchev–Trinajstić information content (AvgIpc) is 3.16. The van der Waals surface area contributed by atoms with Gasteiger partial charge in [0.2, 0.25) is 17.7 Å².